The van der Waals surface area contributed by atoms with Gasteiger partial charge in [0.25, 0.3) is 0 Å². The van der Waals surface area contributed by atoms with Crippen LogP contribution in [0.3, 0.4) is 0 Å². The van der Waals surface area contributed by atoms with Gasteiger partial charge in [0.2, 0.25) is 11.8 Å². The van der Waals surface area contributed by atoms with E-state index in [4.69, 9.17) is 9.47 Å². The minimum atomic E-state index is -0.0910. The number of carbonyl (C=O) groups excluding carboxylic acids is 2. The molecule has 4 atom stereocenters. The minimum absolute atomic E-state index is 0.0105. The number of nitrogens with zero attached hydrogens (tertiary/aromatic N) is 4. The van der Waals surface area contributed by atoms with Crippen LogP contribution in [0.5, 0.6) is 0 Å². The van der Waals surface area contributed by atoms with Gasteiger partial charge in [-0.2, -0.15) is 10.2 Å². The number of amides is 2. The fraction of sp³-hybridized carbons (Fsp3) is 0.615. The molecule has 10 heteroatoms. The largest absolute Gasteiger partial charge is 0.378 e. The first-order chi connectivity index (χ1) is 17.6. The molecule has 192 valence electrons. The molecule has 10 nitrogen and oxygen atoms in total. The second-order valence-corrected chi connectivity index (χ2v) is 10.0. The molecule has 3 aliphatic rings. The normalized spacial score (nSPS) is 26.0. The standard InChI is InChI=1S/C26H34N6O4/c33-25(15-19-6-2-12-35-19)27-23-10-8-21(29-31-23)17-4-1-5-18(14-17)22-9-11-24(32-30-22)28-26(34)16-20-7-3-13-36-20/h8-11,17-20H,1-7,12-16H2,(H,27,31,33)(H,28,32,34)/t17-,18-,19?,20?/m0/s1. The predicted octanol–water partition coefficient (Wildman–Crippen LogP) is 3.72. The van der Waals surface area contributed by atoms with Crippen molar-refractivity contribution in [2.75, 3.05) is 23.8 Å². The molecule has 0 spiro atoms. The quantitative estimate of drug-likeness (QED) is 0.568. The first-order valence-electron chi connectivity index (χ1n) is 13.1. The third-order valence-electron chi connectivity index (χ3n) is 7.29. The molecule has 1 saturated carbocycles. The summed E-state index contributed by atoms with van der Waals surface area (Å²) in [6, 6.07) is 7.57. The van der Waals surface area contributed by atoms with Crippen LogP contribution in [0.25, 0.3) is 0 Å². The van der Waals surface area contributed by atoms with Gasteiger partial charge in [-0.15, -0.1) is 10.2 Å². The second kappa shape index (κ2) is 11.8. The van der Waals surface area contributed by atoms with E-state index in [-0.39, 0.29) is 35.9 Å². The first-order valence-corrected chi connectivity index (χ1v) is 13.1. The molecule has 5 rings (SSSR count). The Morgan fingerprint density at radius 3 is 1.58 bits per heavy atom. The molecular weight excluding hydrogens is 460 g/mol. The number of nitrogens with one attached hydrogen (secondary N) is 2. The summed E-state index contributed by atoms with van der Waals surface area (Å²) in [5.74, 6) is 1.31. The Hall–Kier alpha value is -2.98. The Morgan fingerprint density at radius 1 is 0.694 bits per heavy atom. The molecular formula is C26H34N6O4. The van der Waals surface area contributed by atoms with Gasteiger partial charge < -0.3 is 20.1 Å². The third kappa shape index (κ3) is 6.61. The molecule has 0 aromatic carbocycles. The summed E-state index contributed by atoms with van der Waals surface area (Å²) < 4.78 is 11.0. The number of carbonyl (C=O) groups is 2. The van der Waals surface area contributed by atoms with Crippen LogP contribution in [0.2, 0.25) is 0 Å². The summed E-state index contributed by atoms with van der Waals surface area (Å²) in [7, 11) is 0. The maximum absolute atomic E-state index is 12.2. The molecule has 2 aliphatic heterocycles. The summed E-state index contributed by atoms with van der Waals surface area (Å²) in [5.41, 5.74) is 1.87. The Balaban J connectivity index is 1.12. The Bertz CT molecular complexity index is 938. The number of hydrogen-bond acceptors (Lipinski definition) is 8. The van der Waals surface area contributed by atoms with Crippen molar-refractivity contribution in [1.82, 2.24) is 20.4 Å². The first kappa shape index (κ1) is 24.7. The van der Waals surface area contributed by atoms with Gasteiger partial charge in [-0.05, 0) is 69.2 Å². The molecule has 2 aromatic heterocycles. The van der Waals surface area contributed by atoms with Crippen molar-refractivity contribution in [2.45, 2.75) is 88.3 Å². The lowest BCUT2D eigenvalue weighted by Gasteiger charge is -2.28. The highest BCUT2D eigenvalue weighted by molar-refractivity contribution is 5.90. The van der Waals surface area contributed by atoms with Crippen molar-refractivity contribution in [3.63, 3.8) is 0 Å². The van der Waals surface area contributed by atoms with Crippen molar-refractivity contribution in [2.24, 2.45) is 0 Å². The van der Waals surface area contributed by atoms with Crippen molar-refractivity contribution >= 4 is 23.5 Å². The molecule has 3 fully saturated rings. The molecule has 0 bridgehead atoms. The molecule has 36 heavy (non-hydrogen) atoms. The van der Waals surface area contributed by atoms with Crippen LogP contribution in [0.15, 0.2) is 24.3 Å². The van der Waals surface area contributed by atoms with Crippen molar-refractivity contribution in [3.05, 3.63) is 35.7 Å². The van der Waals surface area contributed by atoms with E-state index in [0.29, 0.717) is 24.5 Å². The molecule has 2 unspecified atom stereocenters. The topological polar surface area (TPSA) is 128 Å². The lowest BCUT2D eigenvalue weighted by molar-refractivity contribution is -0.119. The van der Waals surface area contributed by atoms with Gasteiger partial charge in [-0.1, -0.05) is 6.42 Å². The van der Waals surface area contributed by atoms with E-state index in [1.54, 1.807) is 0 Å². The van der Waals surface area contributed by atoms with Crippen molar-refractivity contribution < 1.29 is 19.1 Å². The Morgan fingerprint density at radius 2 is 1.19 bits per heavy atom. The van der Waals surface area contributed by atoms with Crippen LogP contribution in [0.4, 0.5) is 11.6 Å². The molecule has 2 N–H and O–H groups in total. The highest BCUT2D eigenvalue weighted by Crippen LogP contribution is 2.40. The molecule has 1 aliphatic carbocycles. The van der Waals surface area contributed by atoms with Crippen LogP contribution < -0.4 is 10.6 Å². The van der Waals surface area contributed by atoms with Gasteiger partial charge in [0.15, 0.2) is 11.6 Å². The summed E-state index contributed by atoms with van der Waals surface area (Å²) in [6.07, 6.45) is 8.68. The maximum atomic E-state index is 12.2. The van der Waals surface area contributed by atoms with E-state index in [1.165, 1.54) is 0 Å². The minimum Gasteiger partial charge on any atom is -0.378 e. The predicted molar refractivity (Wildman–Crippen MR) is 132 cm³/mol. The van der Waals surface area contributed by atoms with E-state index in [2.05, 4.69) is 31.0 Å². The Kier molecular flexibility index (Phi) is 8.12. The van der Waals surface area contributed by atoms with Crippen LogP contribution in [-0.2, 0) is 19.1 Å². The average molecular weight is 495 g/mol. The van der Waals surface area contributed by atoms with Gasteiger partial charge in [-0.25, -0.2) is 0 Å². The van der Waals surface area contributed by atoms with E-state index in [9.17, 15) is 9.59 Å². The molecule has 0 radical (unpaired) electrons. The van der Waals surface area contributed by atoms with Gasteiger partial charge in [0.1, 0.15) is 0 Å². The third-order valence-corrected chi connectivity index (χ3v) is 7.29. The van der Waals surface area contributed by atoms with Crippen LogP contribution in [-0.4, -0.2) is 57.6 Å². The summed E-state index contributed by atoms with van der Waals surface area (Å²) in [4.78, 5) is 24.4. The van der Waals surface area contributed by atoms with Gasteiger partial charge in [0, 0.05) is 25.0 Å². The lowest BCUT2D eigenvalue weighted by Crippen LogP contribution is -2.21. The van der Waals surface area contributed by atoms with Gasteiger partial charge >= 0.3 is 0 Å². The second-order valence-electron chi connectivity index (χ2n) is 10.0. The summed E-state index contributed by atoms with van der Waals surface area (Å²) >= 11 is 0. The van der Waals surface area contributed by atoms with Crippen LogP contribution >= 0.6 is 0 Å². The van der Waals surface area contributed by atoms with Crippen molar-refractivity contribution in [3.8, 4) is 0 Å². The lowest BCUT2D eigenvalue weighted by atomic mass is 9.78. The molecule has 2 saturated heterocycles. The summed E-state index contributed by atoms with van der Waals surface area (Å²) in [5, 5.41) is 23.0. The van der Waals surface area contributed by atoms with Crippen LogP contribution in [0, 0.1) is 0 Å². The number of rotatable bonds is 8. The van der Waals surface area contributed by atoms with E-state index < -0.39 is 0 Å². The zero-order chi connectivity index (χ0) is 24.7. The van der Waals surface area contributed by atoms with E-state index >= 15 is 0 Å². The SMILES string of the molecule is O=C(CC1CCCO1)Nc1ccc([C@H]2CCC[C@H](c3ccc(NC(=O)CC4CCCO4)nn3)C2)nn1. The monoisotopic (exact) mass is 494 g/mol. The fourth-order valence-electron chi connectivity index (χ4n) is 5.39. The smallest absolute Gasteiger partial charge is 0.228 e. The van der Waals surface area contributed by atoms with Crippen molar-refractivity contribution in [1.29, 1.82) is 0 Å². The van der Waals surface area contributed by atoms with E-state index in [1.807, 2.05) is 24.3 Å². The number of ether oxygens (including phenoxy) is 2. The number of hydrogen-bond donors (Lipinski definition) is 2. The number of aromatic nitrogens is 4. The molecule has 2 aromatic rings. The highest BCUT2D eigenvalue weighted by Gasteiger charge is 2.27. The number of anilines is 2. The fourth-order valence-corrected chi connectivity index (χ4v) is 5.39. The zero-order valence-electron chi connectivity index (χ0n) is 20.5. The molecule has 2 amide bonds. The van der Waals surface area contributed by atoms with E-state index in [0.717, 1.165) is 76.0 Å². The highest BCUT2D eigenvalue weighted by atomic mass is 16.5. The Labute approximate surface area is 211 Å². The average Bonchev–Trinajstić information content (AvgIpc) is 3.59. The van der Waals surface area contributed by atoms with Gasteiger partial charge in [0.05, 0.1) is 36.4 Å². The summed E-state index contributed by atoms with van der Waals surface area (Å²) in [6.45, 7) is 1.47. The molecule has 4 heterocycles. The van der Waals surface area contributed by atoms with Gasteiger partial charge in [-0.3, -0.25) is 9.59 Å². The zero-order valence-corrected chi connectivity index (χ0v) is 20.5. The van der Waals surface area contributed by atoms with Crippen LogP contribution in [0.1, 0.15) is 87.4 Å². The maximum Gasteiger partial charge on any atom is 0.228 e.